The maximum Gasteiger partial charge on any atom is 0.236 e. The van der Waals surface area contributed by atoms with E-state index in [1.807, 2.05) is 60.5 Å². The fourth-order valence-electron chi connectivity index (χ4n) is 3.74. The average Bonchev–Trinajstić information content (AvgIpc) is 3.26. The van der Waals surface area contributed by atoms with Crippen LogP contribution in [0.15, 0.2) is 53.9 Å². The number of carbonyl (C=O) groups excluding carboxylic acids is 1. The van der Waals surface area contributed by atoms with Gasteiger partial charge in [-0.15, -0.1) is 0 Å². The third-order valence-electron chi connectivity index (χ3n) is 5.48. The normalized spacial score (nSPS) is 16.8. The highest BCUT2D eigenvalue weighted by Crippen LogP contribution is 2.32. The summed E-state index contributed by atoms with van der Waals surface area (Å²) < 4.78 is 37.4. The number of ether oxygens (including phenoxy) is 2. The van der Waals surface area contributed by atoms with E-state index in [9.17, 15) is 13.2 Å². The molecule has 2 aromatic rings. The molecule has 1 amide bonds. The first-order valence-corrected chi connectivity index (χ1v) is 12.0. The van der Waals surface area contributed by atoms with Crippen molar-refractivity contribution >= 4 is 22.0 Å². The Morgan fingerprint density at radius 2 is 1.75 bits per heavy atom. The Bertz CT molecular complexity index is 1080. The lowest BCUT2D eigenvalue weighted by molar-refractivity contribution is -0.133. The van der Waals surface area contributed by atoms with Gasteiger partial charge in [-0.2, -0.15) is 4.31 Å². The van der Waals surface area contributed by atoms with Crippen LogP contribution in [0.5, 0.6) is 11.5 Å². The van der Waals surface area contributed by atoms with E-state index >= 15 is 0 Å². The van der Waals surface area contributed by atoms with Gasteiger partial charge in [0.1, 0.15) is 0 Å². The van der Waals surface area contributed by atoms with E-state index in [1.54, 1.807) is 11.0 Å². The van der Waals surface area contributed by atoms with Crippen molar-refractivity contribution in [2.75, 3.05) is 46.6 Å². The molecule has 2 aliphatic heterocycles. The van der Waals surface area contributed by atoms with Crippen LogP contribution >= 0.6 is 0 Å². The number of likely N-dealkylation sites (N-methyl/N-ethyl adjacent to an activating group) is 1. The lowest BCUT2D eigenvalue weighted by Gasteiger charge is -2.34. The minimum absolute atomic E-state index is 0.00915. The number of amides is 1. The van der Waals surface area contributed by atoms with E-state index in [0.717, 1.165) is 22.6 Å². The molecule has 0 aliphatic carbocycles. The van der Waals surface area contributed by atoms with Crippen LogP contribution in [0.1, 0.15) is 11.1 Å². The van der Waals surface area contributed by atoms with Crippen molar-refractivity contribution in [3.63, 3.8) is 0 Å². The summed E-state index contributed by atoms with van der Waals surface area (Å²) in [6.45, 7) is 2.44. The first kappa shape index (κ1) is 22.3. The molecule has 2 aliphatic rings. The summed E-state index contributed by atoms with van der Waals surface area (Å²) in [6.07, 6.45) is 1.60. The molecule has 0 atom stereocenters. The topological polar surface area (TPSA) is 79.4 Å². The van der Waals surface area contributed by atoms with Gasteiger partial charge in [0.25, 0.3) is 0 Å². The Morgan fingerprint density at radius 3 is 2.50 bits per heavy atom. The third kappa shape index (κ3) is 5.48. The molecule has 9 heteroatoms. The molecule has 0 unspecified atom stereocenters. The van der Waals surface area contributed by atoms with Crippen LogP contribution in [-0.4, -0.2) is 75.0 Å². The van der Waals surface area contributed by atoms with Crippen LogP contribution in [0.25, 0.3) is 6.08 Å². The van der Waals surface area contributed by atoms with E-state index < -0.39 is 10.0 Å². The zero-order valence-corrected chi connectivity index (χ0v) is 18.8. The summed E-state index contributed by atoms with van der Waals surface area (Å²) in [6, 6.07) is 15.1. The Morgan fingerprint density at radius 1 is 1.03 bits per heavy atom. The molecule has 1 saturated heterocycles. The molecule has 0 saturated carbocycles. The first-order chi connectivity index (χ1) is 15.4. The highest BCUT2D eigenvalue weighted by Gasteiger charge is 2.27. The molecular weight excluding hydrogens is 430 g/mol. The monoisotopic (exact) mass is 457 g/mol. The van der Waals surface area contributed by atoms with Gasteiger partial charge in [0, 0.05) is 38.1 Å². The number of sulfonamides is 1. The highest BCUT2D eigenvalue weighted by molar-refractivity contribution is 7.92. The van der Waals surface area contributed by atoms with Crippen LogP contribution in [0.2, 0.25) is 0 Å². The number of rotatable bonds is 7. The Balaban J connectivity index is 1.26. The molecule has 32 heavy (non-hydrogen) atoms. The second-order valence-electron chi connectivity index (χ2n) is 7.90. The van der Waals surface area contributed by atoms with Crippen LogP contribution < -0.4 is 9.47 Å². The summed E-state index contributed by atoms with van der Waals surface area (Å²) in [4.78, 5) is 16.4. The summed E-state index contributed by atoms with van der Waals surface area (Å²) in [7, 11) is -1.63. The molecule has 0 radical (unpaired) electrons. The van der Waals surface area contributed by atoms with Crippen molar-refractivity contribution in [1.29, 1.82) is 0 Å². The number of nitrogens with zero attached hydrogens (tertiary/aromatic N) is 3. The molecule has 2 heterocycles. The van der Waals surface area contributed by atoms with Crippen LogP contribution in [0.4, 0.5) is 0 Å². The minimum Gasteiger partial charge on any atom is -0.454 e. The number of benzene rings is 2. The van der Waals surface area contributed by atoms with Crippen molar-refractivity contribution < 1.29 is 22.7 Å². The number of hydrogen-bond acceptors (Lipinski definition) is 6. The Hall–Kier alpha value is -2.88. The van der Waals surface area contributed by atoms with Crippen molar-refractivity contribution in [1.82, 2.24) is 14.1 Å². The fourth-order valence-corrected chi connectivity index (χ4v) is 4.92. The molecule has 0 bridgehead atoms. The second kappa shape index (κ2) is 9.72. The fraction of sp³-hybridized carbons (Fsp3) is 0.348. The van der Waals surface area contributed by atoms with E-state index in [0.29, 0.717) is 32.7 Å². The van der Waals surface area contributed by atoms with Crippen molar-refractivity contribution in [3.05, 3.63) is 65.1 Å². The van der Waals surface area contributed by atoms with Gasteiger partial charge in [0.05, 0.1) is 6.54 Å². The second-order valence-corrected chi connectivity index (χ2v) is 9.72. The van der Waals surface area contributed by atoms with Gasteiger partial charge in [-0.25, -0.2) is 8.42 Å². The van der Waals surface area contributed by atoms with Crippen LogP contribution in [0, 0.1) is 0 Å². The van der Waals surface area contributed by atoms with Crippen molar-refractivity contribution in [3.8, 4) is 11.5 Å². The average molecular weight is 458 g/mol. The molecule has 8 nitrogen and oxygen atoms in total. The molecule has 4 rings (SSSR count). The number of fused-ring (bicyclic) bond motifs is 1. The number of piperazine rings is 1. The van der Waals surface area contributed by atoms with Gasteiger partial charge in [-0.3, -0.25) is 9.69 Å². The van der Waals surface area contributed by atoms with E-state index in [2.05, 4.69) is 0 Å². The quantitative estimate of drug-likeness (QED) is 0.633. The summed E-state index contributed by atoms with van der Waals surface area (Å²) in [5.41, 5.74) is 1.86. The van der Waals surface area contributed by atoms with Gasteiger partial charge < -0.3 is 14.4 Å². The third-order valence-corrected chi connectivity index (χ3v) is 7.04. The summed E-state index contributed by atoms with van der Waals surface area (Å²) in [5, 5.41) is 1.24. The van der Waals surface area contributed by atoms with E-state index in [4.69, 9.17) is 9.47 Å². The molecule has 2 aromatic carbocycles. The van der Waals surface area contributed by atoms with Gasteiger partial charge >= 0.3 is 0 Å². The van der Waals surface area contributed by atoms with Crippen LogP contribution in [-0.2, 0) is 21.4 Å². The zero-order valence-electron chi connectivity index (χ0n) is 18.0. The van der Waals surface area contributed by atoms with Gasteiger partial charge in [0.15, 0.2) is 11.5 Å². The van der Waals surface area contributed by atoms with E-state index in [1.165, 1.54) is 9.71 Å². The van der Waals surface area contributed by atoms with Gasteiger partial charge in [-0.05, 0) is 36.4 Å². The molecule has 170 valence electrons. The molecule has 0 N–H and O–H groups in total. The number of carbonyl (C=O) groups is 1. The predicted octanol–water partition coefficient (Wildman–Crippen LogP) is 1.99. The summed E-state index contributed by atoms with van der Waals surface area (Å²) >= 11 is 0. The lowest BCUT2D eigenvalue weighted by atomic mass is 10.2. The maximum atomic E-state index is 12.7. The number of hydrogen-bond donors (Lipinski definition) is 0. The summed E-state index contributed by atoms with van der Waals surface area (Å²) in [5.74, 6) is 1.45. The van der Waals surface area contributed by atoms with Crippen LogP contribution in [0.3, 0.4) is 0 Å². The van der Waals surface area contributed by atoms with Gasteiger partial charge in [0.2, 0.25) is 22.7 Å². The molecular formula is C23H27N3O5S. The largest absolute Gasteiger partial charge is 0.454 e. The molecule has 0 spiro atoms. The Labute approximate surface area is 188 Å². The lowest BCUT2D eigenvalue weighted by Crippen LogP contribution is -2.51. The SMILES string of the molecule is CN(CC(=O)N1CCN(S(=O)(=O)C=Cc2ccccc2)CC1)Cc1ccc2c(c1)OCO2. The minimum atomic E-state index is -3.52. The van der Waals surface area contributed by atoms with E-state index in [-0.39, 0.29) is 19.2 Å². The van der Waals surface area contributed by atoms with Crippen molar-refractivity contribution in [2.45, 2.75) is 6.54 Å². The smallest absolute Gasteiger partial charge is 0.236 e. The Kier molecular flexibility index (Phi) is 6.78. The standard InChI is InChI=1S/C23H27N3O5S/c1-24(16-20-7-8-21-22(15-20)31-18-30-21)17-23(27)25-10-12-26(13-11-25)32(28,29)14-9-19-5-3-2-4-6-19/h2-9,14-15H,10-13,16-18H2,1H3. The molecule has 0 aromatic heterocycles. The van der Waals surface area contributed by atoms with Crippen molar-refractivity contribution in [2.24, 2.45) is 0 Å². The maximum absolute atomic E-state index is 12.7. The molecule has 1 fully saturated rings. The first-order valence-electron chi connectivity index (χ1n) is 10.5. The van der Waals surface area contributed by atoms with Gasteiger partial charge in [-0.1, -0.05) is 36.4 Å². The predicted molar refractivity (Wildman–Crippen MR) is 121 cm³/mol. The zero-order chi connectivity index (χ0) is 22.6. The highest BCUT2D eigenvalue weighted by atomic mass is 32.2.